The van der Waals surface area contributed by atoms with Crippen LogP contribution in [-0.4, -0.2) is 62.9 Å². The first kappa shape index (κ1) is 27.6. The highest BCUT2D eigenvalue weighted by molar-refractivity contribution is 5.79. The molecule has 0 bridgehead atoms. The van der Waals surface area contributed by atoms with E-state index in [2.05, 4.69) is 30.9 Å². The minimum atomic E-state index is -1.08. The van der Waals surface area contributed by atoms with E-state index >= 15 is 0 Å². The number of fused-ring (bicyclic) bond motifs is 1. The van der Waals surface area contributed by atoms with Crippen LogP contribution in [0.2, 0.25) is 0 Å². The van der Waals surface area contributed by atoms with Gasteiger partial charge in [0, 0.05) is 37.2 Å². The largest absolute Gasteiger partial charge is 0.395 e. The highest BCUT2D eigenvalue weighted by Gasteiger charge is 2.28. The molecule has 1 aliphatic heterocycles. The monoisotopic (exact) mass is 535 g/mol. The van der Waals surface area contributed by atoms with Crippen LogP contribution in [0, 0.1) is 23.4 Å². The first-order valence-electron chi connectivity index (χ1n) is 12.3. The van der Waals surface area contributed by atoms with Crippen LogP contribution in [0.5, 0.6) is 0 Å². The number of hydrogen-bond donors (Lipinski definition) is 4. The van der Waals surface area contributed by atoms with Crippen LogP contribution in [-0.2, 0) is 9.53 Å². The summed E-state index contributed by atoms with van der Waals surface area (Å²) in [7, 11) is 0. The maximum absolute atomic E-state index is 14.3. The number of nitrogens with zero attached hydrogens (tertiary/aromatic N) is 4. The second kappa shape index (κ2) is 11.9. The molecule has 0 radical (unpaired) electrons. The fourth-order valence-electron chi connectivity index (χ4n) is 4.90. The van der Waals surface area contributed by atoms with Gasteiger partial charge in [-0.25, -0.2) is 23.1 Å². The average Bonchev–Trinajstić information content (AvgIpc) is 3.52. The fraction of sp³-hybridized carbons (Fsp3) is 0.520. The average molecular weight is 536 g/mol. The van der Waals surface area contributed by atoms with Crippen molar-refractivity contribution in [2.45, 2.75) is 51.6 Å². The lowest BCUT2D eigenvalue weighted by Crippen LogP contribution is -2.37. The van der Waals surface area contributed by atoms with E-state index < -0.39 is 23.1 Å². The van der Waals surface area contributed by atoms with Gasteiger partial charge in [-0.1, -0.05) is 7.43 Å². The molecule has 2 fully saturated rings. The molecular weight excluding hydrogens is 503 g/mol. The van der Waals surface area contributed by atoms with E-state index in [1.807, 2.05) is 0 Å². The standard InChI is InChI=1S/C24H28F3N7O3.CH4/c25-14-9-17(26)20(18(27)10-14)32-24-31-19-11-29-23(33-21(19)34(24)16-5-8-37-12-16)30-15-3-1-13(2-4-15)22(36)28-6-7-35;/h9-11,13,15-16,35H,1-8,12H2,(H,28,36)(H,31,32)(H,29,30,33);1H4/t13?,15?,16-;/m1./s1. The molecule has 0 spiro atoms. The molecule has 1 saturated heterocycles. The molecule has 13 heteroatoms. The van der Waals surface area contributed by atoms with E-state index in [9.17, 15) is 18.0 Å². The summed E-state index contributed by atoms with van der Waals surface area (Å²) in [6.45, 7) is 1.07. The second-order valence-electron chi connectivity index (χ2n) is 9.30. The van der Waals surface area contributed by atoms with Gasteiger partial charge >= 0.3 is 0 Å². The Balaban J connectivity index is 0.00000336. The number of halogens is 3. The van der Waals surface area contributed by atoms with Gasteiger partial charge in [0.15, 0.2) is 17.3 Å². The van der Waals surface area contributed by atoms with Crippen molar-refractivity contribution in [1.29, 1.82) is 0 Å². The summed E-state index contributed by atoms with van der Waals surface area (Å²) in [5.74, 6) is -2.76. The van der Waals surface area contributed by atoms with Crippen molar-refractivity contribution in [3.8, 4) is 0 Å². The molecule has 1 amide bonds. The molecule has 2 aliphatic rings. The highest BCUT2D eigenvalue weighted by atomic mass is 19.1. The van der Waals surface area contributed by atoms with Crippen molar-refractivity contribution in [3.63, 3.8) is 0 Å². The molecule has 0 unspecified atom stereocenters. The maximum Gasteiger partial charge on any atom is 0.224 e. The first-order valence-corrected chi connectivity index (χ1v) is 12.3. The molecule has 3 heterocycles. The third-order valence-electron chi connectivity index (χ3n) is 6.79. The lowest BCUT2D eigenvalue weighted by molar-refractivity contribution is -0.126. The Morgan fingerprint density at radius 2 is 1.84 bits per heavy atom. The van der Waals surface area contributed by atoms with Crippen molar-refractivity contribution in [2.75, 3.05) is 37.0 Å². The lowest BCUT2D eigenvalue weighted by atomic mass is 9.85. The van der Waals surface area contributed by atoms with E-state index in [0.717, 1.165) is 12.8 Å². The number of benzene rings is 1. The molecule has 3 aromatic rings. The Labute approximate surface area is 218 Å². The van der Waals surface area contributed by atoms with Crippen LogP contribution >= 0.6 is 0 Å². The lowest BCUT2D eigenvalue weighted by Gasteiger charge is -2.28. The predicted octanol–water partition coefficient (Wildman–Crippen LogP) is 3.66. The molecule has 38 heavy (non-hydrogen) atoms. The Kier molecular flexibility index (Phi) is 8.67. The Bertz CT molecular complexity index is 1250. The van der Waals surface area contributed by atoms with Crippen LogP contribution < -0.4 is 16.0 Å². The summed E-state index contributed by atoms with van der Waals surface area (Å²) >= 11 is 0. The van der Waals surface area contributed by atoms with E-state index in [4.69, 9.17) is 9.84 Å². The number of ether oxygens (including phenoxy) is 1. The van der Waals surface area contributed by atoms with Gasteiger partial charge in [-0.2, -0.15) is 4.98 Å². The van der Waals surface area contributed by atoms with Gasteiger partial charge in [0.1, 0.15) is 17.0 Å². The molecule has 1 saturated carbocycles. The quantitative estimate of drug-likeness (QED) is 0.344. The number of amides is 1. The number of aromatic nitrogens is 4. The minimum Gasteiger partial charge on any atom is -0.395 e. The zero-order valence-electron chi connectivity index (χ0n) is 20.0. The number of carbonyl (C=O) groups is 1. The number of imidazole rings is 1. The van der Waals surface area contributed by atoms with Gasteiger partial charge in [-0.05, 0) is 32.1 Å². The number of rotatable bonds is 8. The molecule has 2 aromatic heterocycles. The van der Waals surface area contributed by atoms with E-state index in [-0.39, 0.29) is 50.4 Å². The van der Waals surface area contributed by atoms with Crippen LogP contribution in [0.4, 0.5) is 30.8 Å². The number of aliphatic hydroxyl groups excluding tert-OH is 1. The summed E-state index contributed by atoms with van der Waals surface area (Å²) < 4.78 is 49.3. The first-order chi connectivity index (χ1) is 17.9. The number of aliphatic hydroxyl groups is 1. The third kappa shape index (κ3) is 5.83. The van der Waals surface area contributed by atoms with E-state index in [0.29, 0.717) is 61.7 Å². The zero-order valence-corrected chi connectivity index (χ0v) is 20.0. The van der Waals surface area contributed by atoms with E-state index in [1.54, 1.807) is 4.57 Å². The predicted molar refractivity (Wildman–Crippen MR) is 136 cm³/mol. The summed E-state index contributed by atoms with van der Waals surface area (Å²) in [6.07, 6.45) is 5.11. The smallest absolute Gasteiger partial charge is 0.224 e. The van der Waals surface area contributed by atoms with Crippen molar-refractivity contribution in [3.05, 3.63) is 35.8 Å². The van der Waals surface area contributed by atoms with Crippen molar-refractivity contribution in [1.82, 2.24) is 24.8 Å². The van der Waals surface area contributed by atoms with Gasteiger partial charge in [0.2, 0.25) is 17.8 Å². The van der Waals surface area contributed by atoms with Crippen molar-refractivity contribution < 1.29 is 27.8 Å². The third-order valence-corrected chi connectivity index (χ3v) is 6.79. The van der Waals surface area contributed by atoms with Gasteiger partial charge in [-0.3, -0.25) is 9.36 Å². The van der Waals surface area contributed by atoms with Crippen LogP contribution in [0.1, 0.15) is 45.6 Å². The Morgan fingerprint density at radius 3 is 2.50 bits per heavy atom. The number of anilines is 3. The molecule has 4 N–H and O–H groups in total. The minimum absolute atomic E-state index is 0. The molecular formula is C25H32F3N7O3. The van der Waals surface area contributed by atoms with Crippen molar-refractivity contribution in [2.24, 2.45) is 5.92 Å². The van der Waals surface area contributed by atoms with Gasteiger partial charge < -0.3 is 25.8 Å². The summed E-state index contributed by atoms with van der Waals surface area (Å²) in [4.78, 5) is 25.6. The number of carbonyl (C=O) groups excluding carboxylic acids is 1. The molecule has 1 aliphatic carbocycles. The topological polar surface area (TPSA) is 126 Å². The number of nitrogens with one attached hydrogen (secondary N) is 3. The highest BCUT2D eigenvalue weighted by Crippen LogP contribution is 2.32. The fourth-order valence-corrected chi connectivity index (χ4v) is 4.90. The second-order valence-corrected chi connectivity index (χ2v) is 9.30. The summed E-state index contributed by atoms with van der Waals surface area (Å²) in [6, 6.07) is 1.11. The van der Waals surface area contributed by atoms with Crippen LogP contribution in [0.3, 0.4) is 0 Å². The Morgan fingerprint density at radius 1 is 1.11 bits per heavy atom. The molecule has 1 aromatic carbocycles. The molecule has 1 atom stereocenters. The molecule has 5 rings (SSSR count). The Hall–Kier alpha value is -3.45. The van der Waals surface area contributed by atoms with Crippen LogP contribution in [0.25, 0.3) is 11.2 Å². The molecule has 206 valence electrons. The molecule has 10 nitrogen and oxygen atoms in total. The maximum atomic E-state index is 14.3. The van der Waals surface area contributed by atoms with Gasteiger partial charge in [-0.15, -0.1) is 0 Å². The van der Waals surface area contributed by atoms with Gasteiger partial charge in [0.25, 0.3) is 0 Å². The van der Waals surface area contributed by atoms with Gasteiger partial charge in [0.05, 0.1) is 25.5 Å². The SMILES string of the molecule is C.O=C(NCCO)C1CCC(Nc2ncc3nc(Nc4c(F)cc(F)cc4F)n([C@@H]4CCOC4)c3n2)CC1. The van der Waals surface area contributed by atoms with Crippen LogP contribution in [0.15, 0.2) is 18.3 Å². The normalized spacial score (nSPS) is 21.2. The summed E-state index contributed by atoms with van der Waals surface area (Å²) in [5, 5.41) is 17.6. The summed E-state index contributed by atoms with van der Waals surface area (Å²) in [5.41, 5.74) is 0.380. The zero-order chi connectivity index (χ0) is 25.9. The van der Waals surface area contributed by atoms with E-state index in [1.165, 1.54) is 6.20 Å². The van der Waals surface area contributed by atoms with Crippen molar-refractivity contribution >= 4 is 34.7 Å². The number of hydrogen-bond acceptors (Lipinski definition) is 8.